The lowest BCUT2D eigenvalue weighted by Gasteiger charge is -2.28. The van der Waals surface area contributed by atoms with Gasteiger partial charge >= 0.3 is 0 Å². The number of ether oxygens (including phenoxy) is 1. The summed E-state index contributed by atoms with van der Waals surface area (Å²) < 4.78 is 6.03. The van der Waals surface area contributed by atoms with Crippen molar-refractivity contribution in [3.05, 3.63) is 29.8 Å². The maximum absolute atomic E-state index is 10.4. The Kier molecular flexibility index (Phi) is 8.59. The van der Waals surface area contributed by atoms with E-state index in [1.165, 1.54) is 62.3 Å². The number of likely N-dealkylation sites (tertiary alicyclic amines) is 1. The van der Waals surface area contributed by atoms with E-state index < -0.39 is 6.10 Å². The van der Waals surface area contributed by atoms with Gasteiger partial charge in [-0.15, -0.1) is 0 Å². The van der Waals surface area contributed by atoms with E-state index in [2.05, 4.69) is 21.9 Å². The van der Waals surface area contributed by atoms with Gasteiger partial charge in [-0.2, -0.15) is 11.8 Å². The van der Waals surface area contributed by atoms with Crippen LogP contribution in [-0.4, -0.2) is 71.8 Å². The number of benzene rings is 1. The predicted octanol–water partition coefficient (Wildman–Crippen LogP) is 3.24. The number of nitrogens with zero attached hydrogens (tertiary/aromatic N) is 2. The summed E-state index contributed by atoms with van der Waals surface area (Å²) in [5.74, 6) is 3.28. The van der Waals surface area contributed by atoms with Crippen LogP contribution in [0.15, 0.2) is 24.3 Å². The number of aliphatic hydroxyl groups excluding tert-OH is 1. The van der Waals surface area contributed by atoms with Gasteiger partial charge < -0.3 is 9.84 Å². The first-order valence-corrected chi connectivity index (χ1v) is 11.4. The molecule has 0 spiro atoms. The average molecular weight is 379 g/mol. The van der Waals surface area contributed by atoms with Gasteiger partial charge in [0.05, 0.1) is 0 Å². The van der Waals surface area contributed by atoms with Crippen molar-refractivity contribution < 1.29 is 9.84 Å². The maximum Gasteiger partial charge on any atom is 0.123 e. The molecule has 1 aromatic rings. The summed E-state index contributed by atoms with van der Waals surface area (Å²) in [5.41, 5.74) is 1.25. The molecular formula is C21H34N2O2S. The zero-order valence-electron chi connectivity index (χ0n) is 15.9. The smallest absolute Gasteiger partial charge is 0.123 e. The molecule has 1 unspecified atom stereocenters. The van der Waals surface area contributed by atoms with Crippen LogP contribution in [-0.2, 0) is 6.54 Å². The molecule has 2 heterocycles. The molecule has 1 N–H and O–H groups in total. The molecule has 5 heteroatoms. The van der Waals surface area contributed by atoms with E-state index in [1.54, 1.807) is 0 Å². The van der Waals surface area contributed by atoms with Crippen molar-refractivity contribution >= 4 is 11.8 Å². The highest BCUT2D eigenvalue weighted by molar-refractivity contribution is 7.99. The quantitative estimate of drug-likeness (QED) is 0.788. The third kappa shape index (κ3) is 6.76. The van der Waals surface area contributed by atoms with Crippen molar-refractivity contribution in [1.82, 2.24) is 9.80 Å². The minimum atomic E-state index is -0.423. The zero-order valence-corrected chi connectivity index (χ0v) is 16.8. The first-order chi connectivity index (χ1) is 12.8. The molecule has 4 nitrogen and oxygen atoms in total. The summed E-state index contributed by atoms with van der Waals surface area (Å²) in [5, 5.41) is 10.4. The zero-order chi connectivity index (χ0) is 18.0. The lowest BCUT2D eigenvalue weighted by atomic mass is 10.1. The van der Waals surface area contributed by atoms with Gasteiger partial charge in [0.2, 0.25) is 0 Å². The Hall–Kier alpha value is -0.750. The van der Waals surface area contributed by atoms with E-state index in [0.717, 1.165) is 31.9 Å². The van der Waals surface area contributed by atoms with Crippen LogP contribution >= 0.6 is 11.8 Å². The molecule has 2 aliphatic heterocycles. The molecule has 0 saturated carbocycles. The molecule has 0 aliphatic carbocycles. The third-order valence-corrected chi connectivity index (χ3v) is 6.26. The second kappa shape index (κ2) is 11.2. The molecule has 0 bridgehead atoms. The van der Waals surface area contributed by atoms with Crippen LogP contribution in [0.3, 0.4) is 0 Å². The van der Waals surface area contributed by atoms with Crippen molar-refractivity contribution in [2.24, 2.45) is 0 Å². The second-order valence-electron chi connectivity index (χ2n) is 7.53. The number of rotatable bonds is 7. The largest absolute Gasteiger partial charge is 0.491 e. The highest BCUT2D eigenvalue weighted by Gasteiger charge is 2.16. The number of hydrogen-bond donors (Lipinski definition) is 1. The number of para-hydroxylation sites is 1. The minimum Gasteiger partial charge on any atom is -0.491 e. The predicted molar refractivity (Wildman–Crippen MR) is 110 cm³/mol. The highest BCUT2D eigenvalue weighted by atomic mass is 32.2. The standard InChI is InChI=1S/C21H34N2O2S/c24-20(17-23-12-14-26-15-13-23)18-25-21-9-5-4-8-19(21)16-22-10-6-2-1-3-7-11-22/h4-5,8-9,20,24H,1-3,6-7,10-18H2. The van der Waals surface area contributed by atoms with E-state index in [-0.39, 0.29) is 0 Å². The molecule has 2 fully saturated rings. The third-order valence-electron chi connectivity index (χ3n) is 5.32. The van der Waals surface area contributed by atoms with Gasteiger partial charge in [0.1, 0.15) is 18.5 Å². The Morgan fingerprint density at radius 2 is 1.62 bits per heavy atom. The number of aliphatic hydroxyl groups is 1. The van der Waals surface area contributed by atoms with Gasteiger partial charge in [0.25, 0.3) is 0 Å². The monoisotopic (exact) mass is 378 g/mol. The lowest BCUT2D eigenvalue weighted by Crippen LogP contribution is -2.40. The number of hydrogen-bond acceptors (Lipinski definition) is 5. The van der Waals surface area contributed by atoms with Crippen molar-refractivity contribution in [1.29, 1.82) is 0 Å². The van der Waals surface area contributed by atoms with Gasteiger partial charge in [-0.25, -0.2) is 0 Å². The first kappa shape index (κ1) is 20.0. The van der Waals surface area contributed by atoms with Crippen LogP contribution in [0, 0.1) is 0 Å². The van der Waals surface area contributed by atoms with Crippen molar-refractivity contribution in [3.63, 3.8) is 0 Å². The minimum absolute atomic E-state index is 0.376. The van der Waals surface area contributed by atoms with E-state index >= 15 is 0 Å². The fraction of sp³-hybridized carbons (Fsp3) is 0.714. The van der Waals surface area contributed by atoms with Crippen LogP contribution in [0.25, 0.3) is 0 Å². The van der Waals surface area contributed by atoms with Crippen molar-refractivity contribution in [2.45, 2.75) is 44.8 Å². The SMILES string of the molecule is OC(COc1ccccc1CN1CCCCCCC1)CN1CCSCC1. The molecule has 0 radical (unpaired) electrons. The summed E-state index contributed by atoms with van der Waals surface area (Å²) in [6.45, 7) is 6.57. The maximum atomic E-state index is 10.4. The van der Waals surface area contributed by atoms with Crippen molar-refractivity contribution in [2.75, 3.05) is 50.8 Å². The topological polar surface area (TPSA) is 35.9 Å². The molecule has 26 heavy (non-hydrogen) atoms. The molecule has 146 valence electrons. The molecule has 1 aromatic carbocycles. The number of thioether (sulfide) groups is 1. The van der Waals surface area contributed by atoms with Gasteiger partial charge in [0.15, 0.2) is 0 Å². The molecule has 1 atom stereocenters. The Balaban J connectivity index is 1.49. The fourth-order valence-electron chi connectivity index (χ4n) is 3.81. The first-order valence-electron chi connectivity index (χ1n) is 10.2. The Bertz CT molecular complexity index is 514. The number of β-amino-alcohol motifs (C(OH)–C–C–N with tert-alkyl or cyclic N) is 1. The lowest BCUT2D eigenvalue weighted by molar-refractivity contribution is 0.0708. The average Bonchev–Trinajstić information content (AvgIpc) is 2.64. The molecule has 0 aromatic heterocycles. The molecular weight excluding hydrogens is 344 g/mol. The Morgan fingerprint density at radius 3 is 2.38 bits per heavy atom. The second-order valence-corrected chi connectivity index (χ2v) is 8.75. The van der Waals surface area contributed by atoms with Gasteiger partial charge in [-0.05, 0) is 32.0 Å². The Morgan fingerprint density at radius 1 is 0.923 bits per heavy atom. The fourth-order valence-corrected chi connectivity index (χ4v) is 4.79. The Labute approximate surface area is 162 Å². The van der Waals surface area contributed by atoms with Crippen LogP contribution in [0.1, 0.15) is 37.7 Å². The molecule has 2 aliphatic rings. The van der Waals surface area contributed by atoms with E-state index in [4.69, 9.17) is 4.74 Å². The summed E-state index contributed by atoms with van der Waals surface area (Å²) >= 11 is 2.00. The van der Waals surface area contributed by atoms with Crippen LogP contribution in [0.5, 0.6) is 5.75 Å². The van der Waals surface area contributed by atoms with Crippen molar-refractivity contribution in [3.8, 4) is 5.75 Å². The van der Waals surface area contributed by atoms with Crippen LogP contribution in [0.4, 0.5) is 0 Å². The van der Waals surface area contributed by atoms with Gasteiger partial charge in [-0.3, -0.25) is 9.80 Å². The van der Waals surface area contributed by atoms with E-state index in [1.807, 2.05) is 23.9 Å². The van der Waals surface area contributed by atoms with E-state index in [0.29, 0.717) is 6.61 Å². The van der Waals surface area contributed by atoms with E-state index in [9.17, 15) is 5.11 Å². The van der Waals surface area contributed by atoms with Gasteiger partial charge in [0, 0.05) is 43.2 Å². The summed E-state index contributed by atoms with van der Waals surface area (Å²) in [6, 6.07) is 8.33. The molecule has 2 saturated heterocycles. The molecule has 0 amide bonds. The van der Waals surface area contributed by atoms with Crippen LogP contribution < -0.4 is 4.74 Å². The summed E-state index contributed by atoms with van der Waals surface area (Å²) in [6.07, 6.45) is 6.28. The summed E-state index contributed by atoms with van der Waals surface area (Å²) in [4.78, 5) is 4.90. The van der Waals surface area contributed by atoms with Crippen LogP contribution in [0.2, 0.25) is 0 Å². The summed E-state index contributed by atoms with van der Waals surface area (Å²) in [7, 11) is 0. The molecule has 3 rings (SSSR count). The normalized spacial score (nSPS) is 21.7. The van der Waals surface area contributed by atoms with Gasteiger partial charge in [-0.1, -0.05) is 37.5 Å². The highest BCUT2D eigenvalue weighted by Crippen LogP contribution is 2.22.